The number of likely N-dealkylation sites (N-methyl/N-ethyl adjacent to an activating group) is 1. The van der Waals surface area contributed by atoms with Crippen LogP contribution in [0.15, 0.2) is 49.2 Å². The maximum absolute atomic E-state index is 12.7. The molecule has 2 aromatic rings. The van der Waals surface area contributed by atoms with E-state index in [9.17, 15) is 4.79 Å². The third kappa shape index (κ3) is 5.43. The fourth-order valence-electron chi connectivity index (χ4n) is 2.78. The molecule has 0 N–H and O–H groups in total. The molecule has 0 aliphatic carbocycles. The minimum absolute atomic E-state index is 0.0281. The summed E-state index contributed by atoms with van der Waals surface area (Å²) in [5, 5.41) is 1.88. The van der Waals surface area contributed by atoms with Crippen molar-refractivity contribution in [2.45, 2.75) is 20.5 Å². The number of nitrogens with zero attached hydrogens (tertiary/aromatic N) is 2. The molecular formula is C21H18Br2Cl2N2O2S. The lowest BCUT2D eigenvalue weighted by molar-refractivity contribution is -0.122. The number of halogens is 4. The molecule has 3 rings (SSSR count). The third-order valence-electron chi connectivity index (χ3n) is 4.20. The third-order valence-corrected chi connectivity index (χ3v) is 7.01. The summed E-state index contributed by atoms with van der Waals surface area (Å²) in [5.74, 6) is 0.622. The average molecular weight is 593 g/mol. The summed E-state index contributed by atoms with van der Waals surface area (Å²) in [4.78, 5) is 19.4. The van der Waals surface area contributed by atoms with Crippen LogP contribution >= 0.6 is 66.8 Å². The zero-order valence-electron chi connectivity index (χ0n) is 16.2. The van der Waals surface area contributed by atoms with Crippen LogP contribution in [0.5, 0.6) is 5.75 Å². The molecule has 0 aromatic heterocycles. The highest BCUT2D eigenvalue weighted by atomic mass is 79.9. The van der Waals surface area contributed by atoms with Crippen LogP contribution in [0.3, 0.4) is 0 Å². The van der Waals surface area contributed by atoms with Gasteiger partial charge in [-0.05, 0) is 93.4 Å². The molecule has 158 valence electrons. The lowest BCUT2D eigenvalue weighted by Crippen LogP contribution is -2.28. The van der Waals surface area contributed by atoms with E-state index >= 15 is 0 Å². The van der Waals surface area contributed by atoms with E-state index in [1.165, 1.54) is 11.8 Å². The standard InChI is InChI=1S/C21H18Br2Cl2N2O2S/c1-3-26-21-27(4-2)20(28)18(30-21)9-12-7-15(22)19(16(23)8-12)29-11-13-5-6-14(24)10-17(13)25/h5-10H,3-4,11H2,1-2H3/b18-9-,26-21?. The first-order chi connectivity index (χ1) is 14.3. The van der Waals surface area contributed by atoms with Crippen molar-refractivity contribution in [3.63, 3.8) is 0 Å². The summed E-state index contributed by atoms with van der Waals surface area (Å²) in [7, 11) is 0. The van der Waals surface area contributed by atoms with Gasteiger partial charge in [0.1, 0.15) is 12.4 Å². The first kappa shape index (κ1) is 23.7. The number of hydrogen-bond acceptors (Lipinski definition) is 4. The topological polar surface area (TPSA) is 41.9 Å². The molecule has 1 aliphatic heterocycles. The molecule has 1 aliphatic rings. The number of ether oxygens (including phenoxy) is 1. The summed E-state index contributed by atoms with van der Waals surface area (Å²) >= 11 is 20.7. The highest BCUT2D eigenvalue weighted by Gasteiger charge is 2.31. The molecule has 0 spiro atoms. The van der Waals surface area contributed by atoms with Crippen LogP contribution in [-0.2, 0) is 11.4 Å². The quantitative estimate of drug-likeness (QED) is 0.328. The van der Waals surface area contributed by atoms with E-state index in [1.54, 1.807) is 17.0 Å². The lowest BCUT2D eigenvalue weighted by Gasteiger charge is -2.13. The van der Waals surface area contributed by atoms with Crippen LogP contribution in [0.25, 0.3) is 6.08 Å². The Morgan fingerprint density at radius 2 is 1.87 bits per heavy atom. The minimum Gasteiger partial charge on any atom is -0.486 e. The van der Waals surface area contributed by atoms with E-state index in [4.69, 9.17) is 27.9 Å². The molecule has 0 unspecified atom stereocenters. The van der Waals surface area contributed by atoms with Gasteiger partial charge in [-0.1, -0.05) is 29.3 Å². The molecule has 0 bridgehead atoms. The summed E-state index contributed by atoms with van der Waals surface area (Å²) in [6.07, 6.45) is 1.86. The predicted octanol–water partition coefficient (Wildman–Crippen LogP) is 7.41. The van der Waals surface area contributed by atoms with Gasteiger partial charge in [-0.25, -0.2) is 0 Å². The Morgan fingerprint density at radius 3 is 2.47 bits per heavy atom. The van der Waals surface area contributed by atoms with Crippen LogP contribution in [0.4, 0.5) is 0 Å². The number of amides is 1. The minimum atomic E-state index is -0.0281. The van der Waals surface area contributed by atoms with Gasteiger partial charge in [-0.15, -0.1) is 0 Å². The van der Waals surface area contributed by atoms with Gasteiger partial charge in [0, 0.05) is 28.7 Å². The van der Waals surface area contributed by atoms with Gasteiger partial charge in [0.25, 0.3) is 5.91 Å². The lowest BCUT2D eigenvalue weighted by atomic mass is 10.2. The van der Waals surface area contributed by atoms with Crippen LogP contribution in [-0.4, -0.2) is 29.1 Å². The number of aliphatic imine (C=N–C) groups is 1. The van der Waals surface area contributed by atoms with E-state index < -0.39 is 0 Å². The van der Waals surface area contributed by atoms with Gasteiger partial charge in [0.05, 0.1) is 13.9 Å². The van der Waals surface area contributed by atoms with Crippen molar-refractivity contribution in [1.82, 2.24) is 4.90 Å². The second-order valence-electron chi connectivity index (χ2n) is 6.26. The zero-order valence-corrected chi connectivity index (χ0v) is 21.7. The van der Waals surface area contributed by atoms with Gasteiger partial charge in [-0.2, -0.15) is 0 Å². The Hall–Kier alpha value is -0.990. The van der Waals surface area contributed by atoms with Gasteiger partial charge < -0.3 is 4.74 Å². The van der Waals surface area contributed by atoms with Crippen LogP contribution in [0.2, 0.25) is 10.0 Å². The number of carbonyl (C=O) groups excluding carboxylic acids is 1. The van der Waals surface area contributed by atoms with E-state index in [0.29, 0.717) is 40.4 Å². The molecular weight excluding hydrogens is 575 g/mol. The molecule has 30 heavy (non-hydrogen) atoms. The van der Waals surface area contributed by atoms with Gasteiger partial charge in [0.15, 0.2) is 5.17 Å². The van der Waals surface area contributed by atoms with Crippen LogP contribution in [0.1, 0.15) is 25.0 Å². The van der Waals surface area contributed by atoms with Crippen molar-refractivity contribution in [3.8, 4) is 5.75 Å². The Balaban J connectivity index is 1.81. The van der Waals surface area contributed by atoms with E-state index in [0.717, 1.165) is 25.2 Å². The highest BCUT2D eigenvalue weighted by Crippen LogP contribution is 2.38. The maximum atomic E-state index is 12.7. The molecule has 1 amide bonds. The van der Waals surface area contributed by atoms with E-state index in [2.05, 4.69) is 36.9 Å². The molecule has 1 fully saturated rings. The molecule has 1 heterocycles. The second-order valence-corrected chi connectivity index (χ2v) is 9.82. The molecule has 0 atom stereocenters. The molecule has 4 nitrogen and oxygen atoms in total. The Morgan fingerprint density at radius 1 is 1.17 bits per heavy atom. The van der Waals surface area contributed by atoms with Gasteiger partial charge >= 0.3 is 0 Å². The molecule has 1 saturated heterocycles. The fraction of sp³-hybridized carbons (Fsp3) is 0.238. The van der Waals surface area contributed by atoms with Gasteiger partial charge in [0.2, 0.25) is 0 Å². The Kier molecular flexibility index (Phi) is 8.32. The summed E-state index contributed by atoms with van der Waals surface area (Å²) < 4.78 is 7.49. The number of carbonyl (C=O) groups is 1. The SMILES string of the molecule is CCN=C1S/C(=C\c2cc(Br)c(OCc3ccc(Cl)cc3Cl)c(Br)c2)C(=O)N1CC. The van der Waals surface area contributed by atoms with Crippen molar-refractivity contribution in [1.29, 1.82) is 0 Å². The zero-order chi connectivity index (χ0) is 21.8. The first-order valence-electron chi connectivity index (χ1n) is 9.15. The molecule has 0 saturated carbocycles. The largest absolute Gasteiger partial charge is 0.486 e. The molecule has 2 aromatic carbocycles. The van der Waals surface area contributed by atoms with Crippen LogP contribution in [0, 0.1) is 0 Å². The fourth-order valence-corrected chi connectivity index (χ4v) is 5.80. The molecule has 9 heteroatoms. The predicted molar refractivity (Wildman–Crippen MR) is 134 cm³/mol. The van der Waals surface area contributed by atoms with Crippen LogP contribution < -0.4 is 4.74 Å². The first-order valence-corrected chi connectivity index (χ1v) is 12.3. The van der Waals surface area contributed by atoms with Crippen molar-refractivity contribution >= 4 is 84.0 Å². The maximum Gasteiger partial charge on any atom is 0.266 e. The summed E-state index contributed by atoms with van der Waals surface area (Å²) in [6, 6.07) is 9.12. The number of rotatable bonds is 6. The summed E-state index contributed by atoms with van der Waals surface area (Å²) in [6.45, 7) is 5.43. The number of amidine groups is 1. The normalized spacial score (nSPS) is 16.7. The second kappa shape index (κ2) is 10.6. The molecule has 0 radical (unpaired) electrons. The number of hydrogen-bond donors (Lipinski definition) is 0. The number of thioether (sulfide) groups is 1. The Bertz CT molecular complexity index is 1020. The smallest absolute Gasteiger partial charge is 0.266 e. The monoisotopic (exact) mass is 590 g/mol. The highest BCUT2D eigenvalue weighted by molar-refractivity contribution is 9.11. The average Bonchev–Trinajstić information content (AvgIpc) is 2.97. The number of benzene rings is 2. The Labute approximate surface area is 206 Å². The van der Waals surface area contributed by atoms with Crippen molar-refractivity contribution in [2.24, 2.45) is 4.99 Å². The van der Waals surface area contributed by atoms with E-state index in [1.807, 2.05) is 38.1 Å². The van der Waals surface area contributed by atoms with Crippen molar-refractivity contribution in [3.05, 3.63) is 65.4 Å². The van der Waals surface area contributed by atoms with Crippen molar-refractivity contribution in [2.75, 3.05) is 13.1 Å². The van der Waals surface area contributed by atoms with E-state index in [-0.39, 0.29) is 5.91 Å². The van der Waals surface area contributed by atoms with Gasteiger partial charge in [-0.3, -0.25) is 14.7 Å². The summed E-state index contributed by atoms with van der Waals surface area (Å²) in [5.41, 5.74) is 1.71. The van der Waals surface area contributed by atoms with Crippen molar-refractivity contribution < 1.29 is 9.53 Å².